The van der Waals surface area contributed by atoms with Gasteiger partial charge in [-0.15, -0.1) is 0 Å². The first-order valence-electron chi connectivity index (χ1n) is 3.63. The monoisotopic (exact) mass is 241 g/mol. The van der Waals surface area contributed by atoms with E-state index in [4.69, 9.17) is 4.42 Å². The van der Waals surface area contributed by atoms with Crippen molar-refractivity contribution in [3.05, 3.63) is 40.9 Å². The van der Waals surface area contributed by atoms with E-state index in [0.717, 1.165) is 0 Å². The van der Waals surface area contributed by atoms with Crippen LogP contribution in [0.3, 0.4) is 0 Å². The van der Waals surface area contributed by atoms with Crippen LogP contribution < -0.4 is 0 Å². The number of oxazole rings is 1. The molecule has 0 fully saturated rings. The molecule has 1 heterocycles. The summed E-state index contributed by atoms with van der Waals surface area (Å²) in [6.07, 6.45) is 2.89. The molecule has 0 spiro atoms. The summed E-state index contributed by atoms with van der Waals surface area (Å²) >= 11 is 3.23. The molecule has 0 bridgehead atoms. The van der Waals surface area contributed by atoms with Crippen LogP contribution >= 0.6 is 15.9 Å². The predicted molar refractivity (Wildman–Crippen MR) is 49.6 cm³/mol. The molecular weight excluding hydrogens is 237 g/mol. The third-order valence-electron chi connectivity index (χ3n) is 1.61. The van der Waals surface area contributed by atoms with Gasteiger partial charge in [-0.2, -0.15) is 0 Å². The number of benzene rings is 1. The maximum absolute atomic E-state index is 13.3. The zero-order chi connectivity index (χ0) is 9.26. The van der Waals surface area contributed by atoms with E-state index in [1.54, 1.807) is 12.1 Å². The van der Waals surface area contributed by atoms with Gasteiger partial charge in [0.1, 0.15) is 12.1 Å². The highest BCUT2D eigenvalue weighted by atomic mass is 79.9. The second-order valence-electron chi connectivity index (χ2n) is 2.43. The second-order valence-corrected chi connectivity index (χ2v) is 3.29. The molecule has 0 aliphatic carbocycles. The summed E-state index contributed by atoms with van der Waals surface area (Å²) in [5.74, 6) is -0.0678. The van der Waals surface area contributed by atoms with Crippen LogP contribution in [0.1, 0.15) is 0 Å². The minimum atomic E-state index is -0.350. The molecule has 2 aromatic rings. The Morgan fingerprint density at radius 2 is 2.23 bits per heavy atom. The van der Waals surface area contributed by atoms with Crippen LogP contribution in [0, 0.1) is 5.82 Å². The molecule has 1 aromatic heterocycles. The van der Waals surface area contributed by atoms with Crippen molar-refractivity contribution in [2.75, 3.05) is 0 Å². The molecule has 0 saturated heterocycles. The molecule has 4 heteroatoms. The van der Waals surface area contributed by atoms with Crippen molar-refractivity contribution < 1.29 is 8.81 Å². The van der Waals surface area contributed by atoms with E-state index >= 15 is 0 Å². The Labute approximate surface area is 82.5 Å². The number of rotatable bonds is 1. The fourth-order valence-corrected chi connectivity index (χ4v) is 1.56. The fourth-order valence-electron chi connectivity index (χ4n) is 1.05. The Morgan fingerprint density at radius 1 is 1.38 bits per heavy atom. The molecule has 0 saturated carbocycles. The van der Waals surface area contributed by atoms with E-state index < -0.39 is 0 Å². The number of hydrogen-bond acceptors (Lipinski definition) is 2. The Hall–Kier alpha value is -1.16. The molecular formula is C9H5BrFNO. The minimum Gasteiger partial charge on any atom is -0.444 e. The van der Waals surface area contributed by atoms with Crippen LogP contribution in [-0.2, 0) is 0 Å². The lowest BCUT2D eigenvalue weighted by atomic mass is 10.2. The maximum atomic E-state index is 13.3. The van der Waals surface area contributed by atoms with Crippen molar-refractivity contribution in [3.8, 4) is 11.5 Å². The average Bonchev–Trinajstić information content (AvgIpc) is 2.57. The maximum Gasteiger partial charge on any atom is 0.229 e. The smallest absolute Gasteiger partial charge is 0.229 e. The van der Waals surface area contributed by atoms with Crippen LogP contribution in [0.4, 0.5) is 4.39 Å². The zero-order valence-electron chi connectivity index (χ0n) is 6.50. The van der Waals surface area contributed by atoms with Gasteiger partial charge in [-0.25, -0.2) is 9.37 Å². The van der Waals surface area contributed by atoms with E-state index in [1.807, 2.05) is 0 Å². The SMILES string of the molecule is Fc1cccc(Br)c1-c1ncco1. The third kappa shape index (κ3) is 1.49. The van der Waals surface area contributed by atoms with Crippen LogP contribution in [0.2, 0.25) is 0 Å². The molecule has 0 unspecified atom stereocenters. The molecule has 0 aliphatic heterocycles. The van der Waals surface area contributed by atoms with Gasteiger partial charge in [0.15, 0.2) is 0 Å². The summed E-state index contributed by atoms with van der Waals surface area (Å²) in [4.78, 5) is 3.87. The molecule has 0 amide bonds. The quantitative estimate of drug-likeness (QED) is 0.767. The highest BCUT2D eigenvalue weighted by molar-refractivity contribution is 9.10. The lowest BCUT2D eigenvalue weighted by Crippen LogP contribution is -1.85. The predicted octanol–water partition coefficient (Wildman–Crippen LogP) is 3.24. The number of nitrogens with zero attached hydrogens (tertiary/aromatic N) is 1. The van der Waals surface area contributed by atoms with Crippen LogP contribution in [0.5, 0.6) is 0 Å². The molecule has 0 N–H and O–H groups in total. The van der Waals surface area contributed by atoms with Crippen molar-refractivity contribution in [2.45, 2.75) is 0 Å². The van der Waals surface area contributed by atoms with Crippen molar-refractivity contribution >= 4 is 15.9 Å². The largest absolute Gasteiger partial charge is 0.444 e. The first-order chi connectivity index (χ1) is 6.29. The Morgan fingerprint density at radius 3 is 2.85 bits per heavy atom. The van der Waals surface area contributed by atoms with E-state index in [-0.39, 0.29) is 11.7 Å². The average molecular weight is 242 g/mol. The Kier molecular flexibility index (Phi) is 2.14. The summed E-state index contributed by atoms with van der Waals surface area (Å²) in [5.41, 5.74) is 0.354. The Balaban J connectivity index is 2.64. The summed E-state index contributed by atoms with van der Waals surface area (Å²) in [5, 5.41) is 0. The fraction of sp³-hybridized carbons (Fsp3) is 0. The summed E-state index contributed by atoms with van der Waals surface area (Å²) in [6, 6.07) is 4.72. The third-order valence-corrected chi connectivity index (χ3v) is 2.27. The van der Waals surface area contributed by atoms with Gasteiger partial charge < -0.3 is 4.42 Å². The molecule has 13 heavy (non-hydrogen) atoms. The molecule has 2 nitrogen and oxygen atoms in total. The van der Waals surface area contributed by atoms with Gasteiger partial charge in [0, 0.05) is 4.47 Å². The first kappa shape index (κ1) is 8.44. The number of hydrogen-bond donors (Lipinski definition) is 0. The highest BCUT2D eigenvalue weighted by Gasteiger charge is 2.12. The molecule has 66 valence electrons. The second kappa shape index (κ2) is 3.30. The lowest BCUT2D eigenvalue weighted by Gasteiger charge is -1.99. The van der Waals surface area contributed by atoms with Crippen molar-refractivity contribution in [1.29, 1.82) is 0 Å². The van der Waals surface area contributed by atoms with Crippen LogP contribution in [0.15, 0.2) is 39.5 Å². The molecule has 1 aromatic carbocycles. The van der Waals surface area contributed by atoms with Gasteiger partial charge in [0.2, 0.25) is 5.89 Å². The highest BCUT2D eigenvalue weighted by Crippen LogP contribution is 2.29. The van der Waals surface area contributed by atoms with E-state index in [1.165, 1.54) is 18.5 Å². The van der Waals surface area contributed by atoms with E-state index in [9.17, 15) is 4.39 Å². The summed E-state index contributed by atoms with van der Waals surface area (Å²) < 4.78 is 18.9. The van der Waals surface area contributed by atoms with Crippen molar-refractivity contribution in [2.24, 2.45) is 0 Å². The van der Waals surface area contributed by atoms with Crippen LogP contribution in [-0.4, -0.2) is 4.98 Å². The summed E-state index contributed by atoms with van der Waals surface area (Å²) in [6.45, 7) is 0. The molecule has 0 aliphatic rings. The van der Waals surface area contributed by atoms with Crippen molar-refractivity contribution in [1.82, 2.24) is 4.98 Å². The number of aromatic nitrogens is 1. The van der Waals surface area contributed by atoms with E-state index in [2.05, 4.69) is 20.9 Å². The van der Waals surface area contributed by atoms with Gasteiger partial charge >= 0.3 is 0 Å². The van der Waals surface area contributed by atoms with Gasteiger partial charge in [-0.1, -0.05) is 6.07 Å². The number of halogens is 2. The first-order valence-corrected chi connectivity index (χ1v) is 4.42. The van der Waals surface area contributed by atoms with Gasteiger partial charge in [0.05, 0.1) is 11.8 Å². The lowest BCUT2D eigenvalue weighted by molar-refractivity contribution is 0.561. The van der Waals surface area contributed by atoms with Gasteiger partial charge in [0.25, 0.3) is 0 Å². The molecule has 2 rings (SSSR count). The standard InChI is InChI=1S/C9H5BrFNO/c10-6-2-1-3-7(11)8(6)9-12-4-5-13-9/h1-5H. The minimum absolute atomic E-state index is 0.282. The normalized spacial score (nSPS) is 10.3. The molecule has 0 radical (unpaired) electrons. The van der Waals surface area contributed by atoms with Crippen molar-refractivity contribution in [3.63, 3.8) is 0 Å². The zero-order valence-corrected chi connectivity index (χ0v) is 8.08. The summed E-state index contributed by atoms with van der Waals surface area (Å²) in [7, 11) is 0. The van der Waals surface area contributed by atoms with Crippen LogP contribution in [0.25, 0.3) is 11.5 Å². The topological polar surface area (TPSA) is 26.0 Å². The Bertz CT molecular complexity index is 393. The van der Waals surface area contributed by atoms with E-state index in [0.29, 0.717) is 10.0 Å². The molecule has 0 atom stereocenters. The van der Waals surface area contributed by atoms with Gasteiger partial charge in [-0.05, 0) is 28.1 Å². The van der Waals surface area contributed by atoms with Gasteiger partial charge in [-0.3, -0.25) is 0 Å².